The van der Waals surface area contributed by atoms with Crippen LogP contribution in [0.15, 0.2) is 65.9 Å². The number of aryl methyl sites for hydroxylation is 1. The van der Waals surface area contributed by atoms with E-state index in [-0.39, 0.29) is 5.78 Å². The number of rotatable bonds is 8. The minimum absolute atomic E-state index is 0.0718. The van der Waals surface area contributed by atoms with Crippen molar-refractivity contribution in [1.29, 1.82) is 0 Å². The van der Waals surface area contributed by atoms with Gasteiger partial charge in [-0.1, -0.05) is 33.1 Å². The number of terminal acetylenes is 1. The monoisotopic (exact) mass is 648 g/mol. The first-order valence-electron chi connectivity index (χ1n) is 16.4. The maximum absolute atomic E-state index is 9.87. The fraction of sp³-hybridized carbons (Fsp3) is 0.385. The van der Waals surface area contributed by atoms with Gasteiger partial charge in [-0.3, -0.25) is 9.80 Å². The average Bonchev–Trinajstić information content (AvgIpc) is 3.23. The number of allylic oxidation sites excluding steroid dienone is 1. The number of carbonyl (C=O) groups is 1. The topological polar surface area (TPSA) is 92.2 Å². The second-order valence-electron chi connectivity index (χ2n) is 11.4. The van der Waals surface area contributed by atoms with Gasteiger partial charge in [0.05, 0.1) is 24.4 Å². The van der Waals surface area contributed by atoms with Gasteiger partial charge in [-0.25, -0.2) is 9.97 Å². The Morgan fingerprint density at radius 2 is 2.04 bits per heavy atom. The second-order valence-corrected chi connectivity index (χ2v) is 11.4. The highest BCUT2D eigenvalue weighted by molar-refractivity contribution is 5.95. The molecule has 0 saturated heterocycles. The number of benzene rings is 2. The number of carbonyl (C=O) groups excluding carboxylic acids is 1. The summed E-state index contributed by atoms with van der Waals surface area (Å²) in [4.78, 5) is 21.5. The van der Waals surface area contributed by atoms with Gasteiger partial charge in [0.15, 0.2) is 0 Å². The summed E-state index contributed by atoms with van der Waals surface area (Å²) in [6, 6.07) is 10.3. The van der Waals surface area contributed by atoms with Gasteiger partial charge >= 0.3 is 0 Å². The predicted octanol–water partition coefficient (Wildman–Crippen LogP) is 8.04. The van der Waals surface area contributed by atoms with E-state index >= 15 is 0 Å². The quantitative estimate of drug-likeness (QED) is 0.149. The number of nitrogens with zero attached hydrogens (tertiary/aromatic N) is 5. The van der Waals surface area contributed by atoms with E-state index in [1.165, 1.54) is 6.92 Å². The summed E-state index contributed by atoms with van der Waals surface area (Å²) in [5, 5.41) is 10.6. The summed E-state index contributed by atoms with van der Waals surface area (Å²) >= 11 is 0. The largest absolute Gasteiger partial charge is 0.491 e. The molecule has 0 amide bonds. The molecule has 1 N–H and O–H groups in total. The fourth-order valence-electron chi connectivity index (χ4n) is 4.92. The van der Waals surface area contributed by atoms with E-state index in [9.17, 15) is 4.79 Å². The highest BCUT2D eigenvalue weighted by Crippen LogP contribution is 2.38. The maximum Gasteiger partial charge on any atom is 0.202 e. The number of aromatic nitrogens is 2. The van der Waals surface area contributed by atoms with Gasteiger partial charge in [-0.05, 0) is 75.1 Å². The lowest BCUT2D eigenvalue weighted by Gasteiger charge is -2.25. The standard InChI is InChI=1S/C30H36N6O2.C5H6O.C4H6/c1-5-7-12-35-18-21(3)19-37-29-17-26-25(16-27(29)35)30(32-20-31-26)34-23-8-9-28(22(4)15-23)38-24-10-13-36(14-11-24)33-6-2;1-3-4-5(2)6;1-3-4-2/h6,8-11,13,15-17,20-21H,5,7,12,14,18-19H2,1-4H3,(H,31,32,34);1-2H3;1H,4H2,2H3/b33-6-;;. The molecule has 2 aliphatic rings. The molecule has 3 aromatic rings. The highest BCUT2D eigenvalue weighted by Gasteiger charge is 2.22. The number of nitrogens with one attached hydrogen (secondary N) is 1. The van der Waals surface area contributed by atoms with Crippen LogP contribution in [0, 0.1) is 37.0 Å². The molecule has 0 aliphatic carbocycles. The van der Waals surface area contributed by atoms with Crippen molar-refractivity contribution in [1.82, 2.24) is 15.0 Å². The van der Waals surface area contributed by atoms with Crippen LogP contribution in [0.1, 0.15) is 66.4 Å². The number of ether oxygens (including phenoxy) is 2. The van der Waals surface area contributed by atoms with Gasteiger partial charge in [-0.2, -0.15) is 5.10 Å². The van der Waals surface area contributed by atoms with Gasteiger partial charge in [0.2, 0.25) is 5.78 Å². The molecule has 5 rings (SSSR count). The molecule has 252 valence electrons. The van der Waals surface area contributed by atoms with Crippen molar-refractivity contribution >= 4 is 40.1 Å². The van der Waals surface area contributed by atoms with E-state index in [0.717, 1.165) is 83.3 Å². The Bertz CT molecular complexity index is 1730. The third-order valence-electron chi connectivity index (χ3n) is 7.22. The summed E-state index contributed by atoms with van der Waals surface area (Å²) in [6.07, 6.45) is 17.2. The van der Waals surface area contributed by atoms with Crippen molar-refractivity contribution in [3.8, 4) is 35.7 Å². The normalized spacial score (nSPS) is 14.8. The number of Topliss-reactive ketones (excluding diaryl/α,β-unsaturated/α-hetero) is 1. The molecule has 1 atom stereocenters. The summed E-state index contributed by atoms with van der Waals surface area (Å²) in [6.45, 7) is 16.8. The van der Waals surface area contributed by atoms with Crippen molar-refractivity contribution in [2.75, 3.05) is 36.5 Å². The number of anilines is 3. The van der Waals surface area contributed by atoms with E-state index in [2.05, 4.69) is 75.1 Å². The van der Waals surface area contributed by atoms with Crippen LogP contribution in [0.3, 0.4) is 0 Å². The molecule has 9 heteroatoms. The Hall–Kier alpha value is -5.28. The zero-order valence-electron chi connectivity index (χ0n) is 29.3. The van der Waals surface area contributed by atoms with Gasteiger partial charge < -0.3 is 19.7 Å². The lowest BCUT2D eigenvalue weighted by atomic mass is 10.1. The Kier molecular flexibility index (Phi) is 15.0. The van der Waals surface area contributed by atoms with E-state index in [1.54, 1.807) is 19.5 Å². The van der Waals surface area contributed by atoms with Crippen molar-refractivity contribution < 1.29 is 14.3 Å². The molecule has 2 aromatic carbocycles. The first-order chi connectivity index (χ1) is 23.2. The van der Waals surface area contributed by atoms with Crippen LogP contribution >= 0.6 is 0 Å². The molecule has 0 saturated carbocycles. The van der Waals surface area contributed by atoms with Crippen molar-refractivity contribution in [3.05, 3.63) is 66.3 Å². The molecule has 0 bridgehead atoms. The third kappa shape index (κ3) is 11.2. The van der Waals surface area contributed by atoms with Crippen LogP contribution in [0.25, 0.3) is 10.9 Å². The molecule has 0 spiro atoms. The predicted molar refractivity (Wildman–Crippen MR) is 198 cm³/mol. The lowest BCUT2D eigenvalue weighted by Crippen LogP contribution is -2.29. The zero-order valence-corrected chi connectivity index (χ0v) is 29.3. The Morgan fingerprint density at radius 1 is 1.25 bits per heavy atom. The van der Waals surface area contributed by atoms with Crippen molar-refractivity contribution in [2.24, 2.45) is 11.0 Å². The SMILES string of the molecule is C#CCC.C/C=N\N1C=CC(Oc2ccc(Nc3ncnc4cc5c(cc34)N(CCCC)CC(C)CO5)cc2C)=CC1.CC#CC(C)=O. The minimum Gasteiger partial charge on any atom is -0.491 e. The smallest absolute Gasteiger partial charge is 0.202 e. The number of fused-ring (bicyclic) bond motifs is 2. The fourth-order valence-corrected chi connectivity index (χ4v) is 4.92. The second kappa shape index (κ2) is 19.4. The first kappa shape index (κ1) is 37.2. The summed E-state index contributed by atoms with van der Waals surface area (Å²) < 4.78 is 12.3. The summed E-state index contributed by atoms with van der Waals surface area (Å²) in [5.74, 6) is 10.9. The van der Waals surface area contributed by atoms with Crippen LogP contribution in [0.5, 0.6) is 11.5 Å². The number of ketones is 1. The average molecular weight is 649 g/mol. The Balaban J connectivity index is 0.000000548. The minimum atomic E-state index is -0.0718. The lowest BCUT2D eigenvalue weighted by molar-refractivity contribution is -0.111. The van der Waals surface area contributed by atoms with Crippen molar-refractivity contribution in [3.63, 3.8) is 0 Å². The van der Waals surface area contributed by atoms with Crippen LogP contribution in [-0.2, 0) is 4.79 Å². The molecule has 0 radical (unpaired) electrons. The van der Waals surface area contributed by atoms with E-state index in [0.29, 0.717) is 19.1 Å². The third-order valence-corrected chi connectivity index (χ3v) is 7.22. The number of unbranched alkanes of at least 4 members (excludes halogenated alkanes) is 1. The van der Waals surface area contributed by atoms with Gasteiger partial charge in [-0.15, -0.1) is 12.3 Å². The first-order valence-corrected chi connectivity index (χ1v) is 16.4. The molecule has 2 aliphatic heterocycles. The van der Waals surface area contributed by atoms with Gasteiger partial charge in [0.1, 0.15) is 29.4 Å². The van der Waals surface area contributed by atoms with Gasteiger partial charge in [0.25, 0.3) is 0 Å². The van der Waals surface area contributed by atoms with Crippen LogP contribution in [-0.4, -0.2) is 53.2 Å². The number of hydrogen-bond acceptors (Lipinski definition) is 9. The van der Waals surface area contributed by atoms with E-state index < -0.39 is 0 Å². The highest BCUT2D eigenvalue weighted by atomic mass is 16.5. The van der Waals surface area contributed by atoms with Crippen LogP contribution in [0.4, 0.5) is 17.2 Å². The Morgan fingerprint density at radius 3 is 2.65 bits per heavy atom. The molecule has 3 heterocycles. The van der Waals surface area contributed by atoms with Gasteiger partial charge in [0, 0.05) is 61.9 Å². The van der Waals surface area contributed by atoms with Crippen LogP contribution < -0.4 is 19.7 Å². The molecule has 1 aromatic heterocycles. The summed E-state index contributed by atoms with van der Waals surface area (Å²) in [7, 11) is 0. The molecule has 48 heavy (non-hydrogen) atoms. The molecule has 0 fully saturated rings. The molecular formula is C39H48N6O3. The summed E-state index contributed by atoms with van der Waals surface area (Å²) in [5.41, 5.74) is 3.94. The maximum atomic E-state index is 9.87. The van der Waals surface area contributed by atoms with Crippen LogP contribution in [0.2, 0.25) is 0 Å². The number of hydrogen-bond donors (Lipinski definition) is 1. The van der Waals surface area contributed by atoms with Crippen molar-refractivity contribution in [2.45, 2.75) is 67.7 Å². The van der Waals surface area contributed by atoms with E-state index in [4.69, 9.17) is 15.9 Å². The molecular weight excluding hydrogens is 600 g/mol. The molecule has 1 unspecified atom stereocenters. The Labute approximate surface area is 286 Å². The molecule has 9 nitrogen and oxygen atoms in total. The van der Waals surface area contributed by atoms with E-state index in [1.807, 2.05) is 56.3 Å². The number of hydrazone groups is 1. The zero-order chi connectivity index (χ0) is 34.9.